The van der Waals surface area contributed by atoms with E-state index in [2.05, 4.69) is 16.7 Å². The van der Waals surface area contributed by atoms with Crippen molar-refractivity contribution in [3.05, 3.63) is 87.8 Å². The second-order valence-corrected chi connectivity index (χ2v) is 6.33. The average molecular weight is 372 g/mol. The second-order valence-electron chi connectivity index (χ2n) is 5.09. The zero-order valence-electron chi connectivity index (χ0n) is 13.3. The van der Waals surface area contributed by atoms with Crippen LogP contribution in [0.1, 0.15) is 5.56 Å². The Hall–Kier alpha value is -2.50. The molecule has 1 heterocycles. The third-order valence-electron chi connectivity index (χ3n) is 3.41. The first-order valence-corrected chi connectivity index (χ1v) is 8.82. The van der Waals surface area contributed by atoms with E-state index in [1.807, 2.05) is 35.7 Å². The molecule has 0 saturated heterocycles. The van der Waals surface area contributed by atoms with Gasteiger partial charge in [-0.05, 0) is 12.1 Å². The third-order valence-corrected chi connectivity index (χ3v) is 4.60. The fraction of sp³-hybridized carbons (Fsp3) is 0.0526. The molecule has 126 valence electrons. The molecule has 3 aromatic rings. The minimum Gasteiger partial charge on any atom is -0.253 e. The topological polar surface area (TPSA) is 29.6 Å². The van der Waals surface area contributed by atoms with Gasteiger partial charge in [0.1, 0.15) is 5.82 Å². The van der Waals surface area contributed by atoms with Gasteiger partial charge in [0.15, 0.2) is 0 Å². The Bertz CT molecular complexity index is 954. The highest BCUT2D eigenvalue weighted by Gasteiger charge is 2.08. The van der Waals surface area contributed by atoms with Gasteiger partial charge in [0.2, 0.25) is 4.80 Å². The fourth-order valence-electron chi connectivity index (χ4n) is 2.22. The molecular formula is C19H15ClFN3S. The molecule has 0 spiro atoms. The molecule has 0 unspecified atom stereocenters. The van der Waals surface area contributed by atoms with Crippen LogP contribution < -0.4 is 4.80 Å². The van der Waals surface area contributed by atoms with Gasteiger partial charge < -0.3 is 0 Å². The van der Waals surface area contributed by atoms with E-state index in [1.54, 1.807) is 22.9 Å². The summed E-state index contributed by atoms with van der Waals surface area (Å²) in [7, 11) is 0. The zero-order chi connectivity index (χ0) is 17.6. The third kappa shape index (κ3) is 3.95. The Morgan fingerprint density at radius 1 is 1.16 bits per heavy atom. The normalized spacial score (nSPS) is 12.0. The first-order valence-electron chi connectivity index (χ1n) is 7.56. The maximum atomic E-state index is 14.0. The SMILES string of the molecule is C=CCN=c1scc(-c2ccccc2)n1N=Cc1c(F)cccc1Cl. The molecule has 2 aromatic carbocycles. The minimum atomic E-state index is -0.419. The smallest absolute Gasteiger partial charge is 0.206 e. The van der Waals surface area contributed by atoms with Crippen molar-refractivity contribution in [2.45, 2.75) is 0 Å². The minimum absolute atomic E-state index is 0.247. The Morgan fingerprint density at radius 2 is 1.96 bits per heavy atom. The molecule has 0 N–H and O–H groups in total. The summed E-state index contributed by atoms with van der Waals surface area (Å²) >= 11 is 7.54. The van der Waals surface area contributed by atoms with Gasteiger partial charge in [-0.15, -0.1) is 17.9 Å². The fourth-order valence-corrected chi connectivity index (χ4v) is 3.28. The molecule has 0 aliphatic carbocycles. The summed E-state index contributed by atoms with van der Waals surface area (Å²) in [5.41, 5.74) is 2.12. The first-order chi connectivity index (χ1) is 12.2. The van der Waals surface area contributed by atoms with Gasteiger partial charge in [0.05, 0.1) is 23.5 Å². The van der Waals surface area contributed by atoms with E-state index in [9.17, 15) is 4.39 Å². The molecule has 0 bridgehead atoms. The van der Waals surface area contributed by atoms with Crippen LogP contribution in [-0.4, -0.2) is 17.4 Å². The van der Waals surface area contributed by atoms with Crippen LogP contribution >= 0.6 is 22.9 Å². The van der Waals surface area contributed by atoms with Gasteiger partial charge in [-0.1, -0.05) is 54.1 Å². The number of nitrogens with zero attached hydrogens (tertiary/aromatic N) is 3. The van der Waals surface area contributed by atoms with Crippen molar-refractivity contribution in [3.8, 4) is 11.3 Å². The van der Waals surface area contributed by atoms with E-state index >= 15 is 0 Å². The van der Waals surface area contributed by atoms with Crippen molar-refractivity contribution in [3.63, 3.8) is 0 Å². The van der Waals surface area contributed by atoms with Crippen LogP contribution in [0, 0.1) is 5.82 Å². The van der Waals surface area contributed by atoms with E-state index in [4.69, 9.17) is 11.6 Å². The molecule has 6 heteroatoms. The Morgan fingerprint density at radius 3 is 2.68 bits per heavy atom. The van der Waals surface area contributed by atoms with Gasteiger partial charge in [0, 0.05) is 16.5 Å². The van der Waals surface area contributed by atoms with Crippen LogP contribution in [0.15, 0.2) is 76.7 Å². The highest BCUT2D eigenvalue weighted by molar-refractivity contribution is 7.07. The molecule has 0 atom stereocenters. The van der Waals surface area contributed by atoms with E-state index < -0.39 is 5.82 Å². The molecule has 1 aromatic heterocycles. The molecule has 3 nitrogen and oxygen atoms in total. The predicted molar refractivity (Wildman–Crippen MR) is 103 cm³/mol. The first kappa shape index (κ1) is 17.3. The van der Waals surface area contributed by atoms with Crippen LogP contribution in [0.25, 0.3) is 11.3 Å². The maximum absolute atomic E-state index is 14.0. The van der Waals surface area contributed by atoms with Crippen LogP contribution in [0.4, 0.5) is 4.39 Å². The molecule has 0 saturated carbocycles. The summed E-state index contributed by atoms with van der Waals surface area (Å²) in [6.07, 6.45) is 3.13. The summed E-state index contributed by atoms with van der Waals surface area (Å²) in [6, 6.07) is 14.4. The summed E-state index contributed by atoms with van der Waals surface area (Å²) in [4.78, 5) is 5.15. The van der Waals surface area contributed by atoms with Crippen molar-refractivity contribution < 1.29 is 4.39 Å². The number of benzene rings is 2. The lowest BCUT2D eigenvalue weighted by molar-refractivity contribution is 0.625. The Balaban J connectivity index is 2.11. The van der Waals surface area contributed by atoms with Gasteiger partial charge in [0.25, 0.3) is 0 Å². The van der Waals surface area contributed by atoms with Crippen molar-refractivity contribution in [1.29, 1.82) is 0 Å². The quantitative estimate of drug-likeness (QED) is 0.447. The lowest BCUT2D eigenvalue weighted by atomic mass is 10.2. The summed E-state index contributed by atoms with van der Waals surface area (Å²) in [5, 5.41) is 6.72. The van der Waals surface area contributed by atoms with Crippen LogP contribution in [0.5, 0.6) is 0 Å². The van der Waals surface area contributed by atoms with Crippen LogP contribution in [0.2, 0.25) is 5.02 Å². The monoisotopic (exact) mass is 371 g/mol. The maximum Gasteiger partial charge on any atom is 0.206 e. The molecule has 3 rings (SSSR count). The van der Waals surface area contributed by atoms with Crippen molar-refractivity contribution >= 4 is 29.2 Å². The lowest BCUT2D eigenvalue weighted by Crippen LogP contribution is -2.12. The molecule has 0 aliphatic rings. The van der Waals surface area contributed by atoms with Crippen LogP contribution in [0.3, 0.4) is 0 Å². The van der Waals surface area contributed by atoms with Crippen molar-refractivity contribution in [1.82, 2.24) is 4.68 Å². The number of hydrogen-bond donors (Lipinski definition) is 0. The predicted octanol–water partition coefficient (Wildman–Crippen LogP) is 4.98. The highest BCUT2D eigenvalue weighted by atomic mass is 35.5. The number of rotatable bonds is 5. The Labute approximate surface area is 154 Å². The van der Waals surface area contributed by atoms with E-state index in [0.717, 1.165) is 11.3 Å². The van der Waals surface area contributed by atoms with Gasteiger partial charge >= 0.3 is 0 Å². The lowest BCUT2D eigenvalue weighted by Gasteiger charge is -2.04. The van der Waals surface area contributed by atoms with E-state index in [0.29, 0.717) is 16.4 Å². The van der Waals surface area contributed by atoms with E-state index in [1.165, 1.54) is 23.6 Å². The average Bonchev–Trinajstić information content (AvgIpc) is 3.03. The standard InChI is InChI=1S/C19H15ClFN3S/c1-2-11-22-19-24(18(13-25-19)14-7-4-3-5-8-14)23-12-15-16(20)9-6-10-17(15)21/h2-10,12-13H,1,11H2. The molecule has 0 radical (unpaired) electrons. The van der Waals surface area contributed by atoms with E-state index in [-0.39, 0.29) is 5.56 Å². The molecular weight excluding hydrogens is 357 g/mol. The number of hydrogen-bond acceptors (Lipinski definition) is 3. The van der Waals surface area contributed by atoms with Crippen molar-refractivity contribution in [2.24, 2.45) is 10.1 Å². The highest BCUT2D eigenvalue weighted by Crippen LogP contribution is 2.21. The van der Waals surface area contributed by atoms with Gasteiger partial charge in [-0.25, -0.2) is 9.07 Å². The number of thiazole rings is 1. The molecule has 0 aliphatic heterocycles. The largest absolute Gasteiger partial charge is 0.253 e. The Kier molecular flexibility index (Phi) is 5.58. The molecule has 25 heavy (non-hydrogen) atoms. The summed E-state index contributed by atoms with van der Waals surface area (Å²) in [6.45, 7) is 4.16. The van der Waals surface area contributed by atoms with Gasteiger partial charge in [-0.3, -0.25) is 4.99 Å². The van der Waals surface area contributed by atoms with Gasteiger partial charge in [-0.2, -0.15) is 5.10 Å². The number of halogens is 2. The summed E-state index contributed by atoms with van der Waals surface area (Å²) in [5.74, 6) is -0.419. The molecule has 0 fully saturated rings. The summed E-state index contributed by atoms with van der Waals surface area (Å²) < 4.78 is 15.7. The number of aromatic nitrogens is 1. The second kappa shape index (κ2) is 8.05. The zero-order valence-corrected chi connectivity index (χ0v) is 14.8. The van der Waals surface area contributed by atoms with Crippen molar-refractivity contribution in [2.75, 3.05) is 6.54 Å². The van der Waals surface area contributed by atoms with Crippen LogP contribution in [-0.2, 0) is 0 Å². The molecule has 0 amide bonds.